The lowest BCUT2D eigenvalue weighted by Gasteiger charge is -2.16. The first-order valence-electron chi connectivity index (χ1n) is 6.12. The minimum Gasteiger partial charge on any atom is -0.349 e. The standard InChI is InChI=1S/C14H22N2OS/c1-10(2)18-12-7-5-11(6-8-12)13(15)9-14(17)16(3)4/h5-8,10,13H,9,15H2,1-4H3. The van der Waals surface area contributed by atoms with Crippen molar-refractivity contribution >= 4 is 17.7 Å². The zero-order valence-corrected chi connectivity index (χ0v) is 12.3. The lowest BCUT2D eigenvalue weighted by atomic mass is 10.0. The Bertz CT molecular complexity index is 387. The van der Waals surface area contributed by atoms with E-state index in [0.717, 1.165) is 5.56 Å². The molecule has 18 heavy (non-hydrogen) atoms. The van der Waals surface area contributed by atoms with Gasteiger partial charge in [-0.15, -0.1) is 11.8 Å². The number of hydrogen-bond donors (Lipinski definition) is 1. The first-order valence-corrected chi connectivity index (χ1v) is 7.00. The number of carbonyl (C=O) groups excluding carboxylic acids is 1. The van der Waals surface area contributed by atoms with Gasteiger partial charge in [0.05, 0.1) is 0 Å². The summed E-state index contributed by atoms with van der Waals surface area (Å²) in [6.45, 7) is 4.33. The molecular weight excluding hydrogens is 244 g/mol. The fourth-order valence-corrected chi connectivity index (χ4v) is 2.39. The van der Waals surface area contributed by atoms with Crippen molar-refractivity contribution in [2.75, 3.05) is 14.1 Å². The summed E-state index contributed by atoms with van der Waals surface area (Å²) >= 11 is 1.82. The smallest absolute Gasteiger partial charge is 0.223 e. The van der Waals surface area contributed by atoms with Crippen molar-refractivity contribution in [2.45, 2.75) is 36.5 Å². The van der Waals surface area contributed by atoms with Crippen LogP contribution >= 0.6 is 11.8 Å². The zero-order valence-electron chi connectivity index (χ0n) is 11.5. The van der Waals surface area contributed by atoms with E-state index in [2.05, 4.69) is 26.0 Å². The van der Waals surface area contributed by atoms with Crippen LogP contribution in [0.15, 0.2) is 29.2 Å². The van der Waals surface area contributed by atoms with Gasteiger partial charge in [0.25, 0.3) is 0 Å². The summed E-state index contributed by atoms with van der Waals surface area (Å²) < 4.78 is 0. The molecule has 1 unspecified atom stereocenters. The molecule has 100 valence electrons. The van der Waals surface area contributed by atoms with Crippen molar-refractivity contribution in [3.8, 4) is 0 Å². The van der Waals surface area contributed by atoms with Crippen molar-refractivity contribution < 1.29 is 4.79 Å². The average Bonchev–Trinajstić information content (AvgIpc) is 2.28. The SMILES string of the molecule is CC(C)Sc1ccc(C(N)CC(=O)N(C)C)cc1. The van der Waals surface area contributed by atoms with Gasteiger partial charge in [0.1, 0.15) is 0 Å². The molecule has 0 bridgehead atoms. The first-order chi connectivity index (χ1) is 8.40. The van der Waals surface area contributed by atoms with Crippen molar-refractivity contribution in [1.29, 1.82) is 0 Å². The van der Waals surface area contributed by atoms with Crippen LogP contribution < -0.4 is 5.73 Å². The van der Waals surface area contributed by atoms with Crippen LogP contribution in [0, 0.1) is 0 Å². The molecular formula is C14H22N2OS. The van der Waals surface area contributed by atoms with Gasteiger partial charge in [-0.2, -0.15) is 0 Å². The van der Waals surface area contributed by atoms with Crippen LogP contribution in [-0.2, 0) is 4.79 Å². The topological polar surface area (TPSA) is 46.3 Å². The summed E-state index contributed by atoms with van der Waals surface area (Å²) in [7, 11) is 3.49. The maximum atomic E-state index is 11.6. The first kappa shape index (κ1) is 15.1. The fourth-order valence-electron chi connectivity index (χ4n) is 1.55. The van der Waals surface area contributed by atoms with Crippen molar-refractivity contribution in [3.05, 3.63) is 29.8 Å². The van der Waals surface area contributed by atoms with Gasteiger partial charge in [-0.1, -0.05) is 26.0 Å². The van der Waals surface area contributed by atoms with Crippen LogP contribution in [0.2, 0.25) is 0 Å². The van der Waals surface area contributed by atoms with Gasteiger partial charge in [-0.25, -0.2) is 0 Å². The minimum absolute atomic E-state index is 0.0585. The lowest BCUT2D eigenvalue weighted by Crippen LogP contribution is -2.26. The molecule has 0 saturated carbocycles. The molecule has 0 spiro atoms. The predicted octanol–water partition coefficient (Wildman–Crippen LogP) is 2.67. The highest BCUT2D eigenvalue weighted by atomic mass is 32.2. The second-order valence-corrected chi connectivity index (χ2v) is 6.48. The Kier molecular flexibility index (Phi) is 5.69. The zero-order chi connectivity index (χ0) is 13.7. The number of nitrogens with zero attached hydrogens (tertiary/aromatic N) is 1. The third kappa shape index (κ3) is 4.70. The van der Waals surface area contributed by atoms with E-state index in [1.54, 1.807) is 19.0 Å². The molecule has 0 saturated heterocycles. The Morgan fingerprint density at radius 2 is 1.83 bits per heavy atom. The highest BCUT2D eigenvalue weighted by Gasteiger charge is 2.13. The van der Waals surface area contributed by atoms with Crippen LogP contribution in [-0.4, -0.2) is 30.2 Å². The molecule has 1 aromatic rings. The molecule has 0 aliphatic heterocycles. The second kappa shape index (κ2) is 6.81. The normalized spacial score (nSPS) is 12.6. The number of rotatable bonds is 5. The van der Waals surface area contributed by atoms with E-state index in [9.17, 15) is 4.79 Å². The maximum absolute atomic E-state index is 11.6. The Morgan fingerprint density at radius 1 is 1.28 bits per heavy atom. The van der Waals surface area contributed by atoms with Crippen LogP contribution in [0.25, 0.3) is 0 Å². The Hall–Kier alpha value is -1.00. The van der Waals surface area contributed by atoms with Crippen molar-refractivity contribution in [2.24, 2.45) is 5.73 Å². The molecule has 1 rings (SSSR count). The Morgan fingerprint density at radius 3 is 2.28 bits per heavy atom. The van der Waals surface area contributed by atoms with E-state index >= 15 is 0 Å². The molecule has 0 aliphatic carbocycles. The monoisotopic (exact) mass is 266 g/mol. The van der Waals surface area contributed by atoms with Crippen molar-refractivity contribution in [1.82, 2.24) is 4.90 Å². The summed E-state index contributed by atoms with van der Waals surface area (Å²) in [5.74, 6) is 0.0585. The van der Waals surface area contributed by atoms with E-state index < -0.39 is 0 Å². The Labute approximate surface area is 114 Å². The molecule has 1 aromatic carbocycles. The number of nitrogens with two attached hydrogens (primary N) is 1. The highest BCUT2D eigenvalue weighted by Crippen LogP contribution is 2.24. The van der Waals surface area contributed by atoms with E-state index in [1.165, 1.54) is 4.90 Å². The fraction of sp³-hybridized carbons (Fsp3) is 0.500. The largest absolute Gasteiger partial charge is 0.349 e. The second-order valence-electron chi connectivity index (χ2n) is 4.83. The number of amides is 1. The van der Waals surface area contributed by atoms with Crippen LogP contribution in [0.4, 0.5) is 0 Å². The number of hydrogen-bond acceptors (Lipinski definition) is 3. The summed E-state index contributed by atoms with van der Waals surface area (Å²) in [4.78, 5) is 14.4. The van der Waals surface area contributed by atoms with Gasteiger partial charge in [0.15, 0.2) is 0 Å². The lowest BCUT2D eigenvalue weighted by molar-refractivity contribution is -0.129. The molecule has 1 atom stereocenters. The highest BCUT2D eigenvalue weighted by molar-refractivity contribution is 7.99. The predicted molar refractivity (Wildman–Crippen MR) is 77.7 cm³/mol. The van der Waals surface area contributed by atoms with Gasteiger partial charge in [-0.05, 0) is 17.7 Å². The average molecular weight is 266 g/mol. The number of thioether (sulfide) groups is 1. The van der Waals surface area contributed by atoms with Crippen LogP contribution in [0.1, 0.15) is 31.9 Å². The third-order valence-electron chi connectivity index (χ3n) is 2.57. The molecule has 0 aromatic heterocycles. The summed E-state index contributed by atoms with van der Waals surface area (Å²) in [5, 5.41) is 0.569. The minimum atomic E-state index is -0.224. The molecule has 0 aliphatic rings. The summed E-state index contributed by atoms with van der Waals surface area (Å²) in [5.41, 5.74) is 7.04. The van der Waals surface area contributed by atoms with Crippen LogP contribution in [0.5, 0.6) is 0 Å². The van der Waals surface area contributed by atoms with Gasteiger partial charge >= 0.3 is 0 Å². The molecule has 3 nitrogen and oxygen atoms in total. The van der Waals surface area contributed by atoms with Gasteiger partial charge < -0.3 is 10.6 Å². The molecule has 0 heterocycles. The van der Waals surface area contributed by atoms with Gasteiger partial charge in [-0.3, -0.25) is 4.79 Å². The maximum Gasteiger partial charge on any atom is 0.223 e. The van der Waals surface area contributed by atoms with E-state index in [4.69, 9.17) is 5.73 Å². The van der Waals surface area contributed by atoms with Crippen LogP contribution in [0.3, 0.4) is 0 Å². The molecule has 0 radical (unpaired) electrons. The Balaban J connectivity index is 2.64. The van der Waals surface area contributed by atoms with E-state index in [0.29, 0.717) is 11.7 Å². The molecule has 2 N–H and O–H groups in total. The van der Waals surface area contributed by atoms with Gasteiger partial charge in [0, 0.05) is 36.7 Å². The summed E-state index contributed by atoms with van der Waals surface area (Å²) in [6.07, 6.45) is 0.351. The van der Waals surface area contributed by atoms with Gasteiger partial charge in [0.2, 0.25) is 5.91 Å². The number of carbonyl (C=O) groups is 1. The molecule has 4 heteroatoms. The number of benzene rings is 1. The van der Waals surface area contributed by atoms with Crippen molar-refractivity contribution in [3.63, 3.8) is 0 Å². The summed E-state index contributed by atoms with van der Waals surface area (Å²) in [6, 6.07) is 7.94. The molecule has 0 fully saturated rings. The quantitative estimate of drug-likeness (QED) is 0.833. The van der Waals surface area contributed by atoms with E-state index in [1.807, 2.05) is 23.9 Å². The third-order valence-corrected chi connectivity index (χ3v) is 3.59. The van der Waals surface area contributed by atoms with E-state index in [-0.39, 0.29) is 11.9 Å². The molecule has 1 amide bonds.